The van der Waals surface area contributed by atoms with Gasteiger partial charge in [0.1, 0.15) is 5.75 Å². The van der Waals surface area contributed by atoms with Crippen LogP contribution in [0.2, 0.25) is 0 Å². The van der Waals surface area contributed by atoms with Gasteiger partial charge in [0.15, 0.2) is 6.61 Å². The zero-order chi connectivity index (χ0) is 18.5. The number of carbonyl (C=O) groups excluding carboxylic acids is 1. The second kappa shape index (κ2) is 7.82. The summed E-state index contributed by atoms with van der Waals surface area (Å²) >= 11 is 0. The van der Waals surface area contributed by atoms with Crippen LogP contribution in [0.5, 0.6) is 5.75 Å². The maximum Gasteiger partial charge on any atom is 0.260 e. The lowest BCUT2D eigenvalue weighted by atomic mass is 10.1. The van der Waals surface area contributed by atoms with Crippen molar-refractivity contribution in [3.8, 4) is 17.2 Å². The van der Waals surface area contributed by atoms with Gasteiger partial charge in [-0.15, -0.1) is 10.2 Å². The first-order valence-electron chi connectivity index (χ1n) is 8.35. The Balaban J connectivity index is 1.57. The Bertz CT molecular complexity index is 887. The summed E-state index contributed by atoms with van der Waals surface area (Å²) in [7, 11) is 1.68. The minimum absolute atomic E-state index is 0.0414. The van der Waals surface area contributed by atoms with E-state index in [1.807, 2.05) is 62.4 Å². The van der Waals surface area contributed by atoms with Crippen LogP contribution in [0.15, 0.2) is 52.9 Å². The van der Waals surface area contributed by atoms with Crippen molar-refractivity contribution in [2.45, 2.75) is 20.4 Å². The fraction of sp³-hybridized carbons (Fsp3) is 0.250. The molecule has 3 rings (SSSR count). The average Bonchev–Trinajstić information content (AvgIpc) is 3.09. The van der Waals surface area contributed by atoms with Crippen molar-refractivity contribution < 1.29 is 13.9 Å². The molecule has 0 aliphatic heterocycles. The smallest absolute Gasteiger partial charge is 0.260 e. The molecule has 1 amide bonds. The second-order valence-electron chi connectivity index (χ2n) is 6.17. The molecule has 0 spiro atoms. The van der Waals surface area contributed by atoms with E-state index in [9.17, 15) is 4.79 Å². The van der Waals surface area contributed by atoms with Gasteiger partial charge >= 0.3 is 0 Å². The van der Waals surface area contributed by atoms with E-state index < -0.39 is 0 Å². The zero-order valence-corrected chi connectivity index (χ0v) is 15.1. The summed E-state index contributed by atoms with van der Waals surface area (Å²) in [5.74, 6) is 1.36. The summed E-state index contributed by atoms with van der Waals surface area (Å²) in [4.78, 5) is 13.8. The number of aromatic nitrogens is 2. The van der Waals surface area contributed by atoms with Gasteiger partial charge in [-0.25, -0.2) is 0 Å². The minimum Gasteiger partial charge on any atom is -0.484 e. The van der Waals surface area contributed by atoms with E-state index in [1.165, 1.54) is 4.90 Å². The molecule has 0 radical (unpaired) electrons. The molecule has 0 unspecified atom stereocenters. The number of para-hydroxylation sites is 1. The minimum atomic E-state index is -0.164. The van der Waals surface area contributed by atoms with Crippen LogP contribution in [0.1, 0.15) is 17.0 Å². The molecular weight excluding hydrogens is 330 g/mol. The first kappa shape index (κ1) is 17.7. The van der Waals surface area contributed by atoms with E-state index in [1.54, 1.807) is 7.05 Å². The number of benzene rings is 2. The zero-order valence-electron chi connectivity index (χ0n) is 15.1. The average molecular weight is 351 g/mol. The molecule has 0 atom stereocenters. The lowest BCUT2D eigenvalue weighted by Crippen LogP contribution is -2.31. The summed E-state index contributed by atoms with van der Waals surface area (Å²) in [6.45, 7) is 4.15. The van der Waals surface area contributed by atoms with Crippen LogP contribution >= 0.6 is 0 Å². The van der Waals surface area contributed by atoms with E-state index in [-0.39, 0.29) is 19.1 Å². The number of rotatable bonds is 6. The Morgan fingerprint density at radius 1 is 1.08 bits per heavy atom. The highest BCUT2D eigenvalue weighted by molar-refractivity contribution is 5.77. The summed E-state index contributed by atoms with van der Waals surface area (Å²) in [5.41, 5.74) is 3.00. The SMILES string of the molecule is Cc1ccc(-c2nnc(CN(C)C(=O)COc3ccccc3C)o2)cc1. The predicted molar refractivity (Wildman–Crippen MR) is 97.6 cm³/mol. The Morgan fingerprint density at radius 2 is 1.81 bits per heavy atom. The molecule has 1 aromatic heterocycles. The fourth-order valence-electron chi connectivity index (χ4n) is 2.39. The summed E-state index contributed by atoms with van der Waals surface area (Å²) in [6, 6.07) is 15.4. The normalized spacial score (nSPS) is 10.6. The Labute approximate surface area is 152 Å². The molecule has 0 aliphatic carbocycles. The monoisotopic (exact) mass is 351 g/mol. The van der Waals surface area contributed by atoms with Gasteiger partial charge in [0.05, 0.1) is 6.54 Å². The highest BCUT2D eigenvalue weighted by atomic mass is 16.5. The van der Waals surface area contributed by atoms with Gasteiger partial charge in [0.2, 0.25) is 11.8 Å². The van der Waals surface area contributed by atoms with Gasteiger partial charge in [-0.2, -0.15) is 0 Å². The molecule has 26 heavy (non-hydrogen) atoms. The molecule has 0 saturated heterocycles. The maximum absolute atomic E-state index is 12.3. The van der Waals surface area contributed by atoms with Crippen molar-refractivity contribution >= 4 is 5.91 Å². The van der Waals surface area contributed by atoms with E-state index in [0.29, 0.717) is 17.5 Å². The number of hydrogen-bond acceptors (Lipinski definition) is 5. The molecule has 6 heteroatoms. The van der Waals surface area contributed by atoms with Crippen LogP contribution in [0.3, 0.4) is 0 Å². The van der Waals surface area contributed by atoms with E-state index in [0.717, 1.165) is 16.7 Å². The number of aryl methyl sites for hydroxylation is 2. The number of nitrogens with zero attached hydrogens (tertiary/aromatic N) is 3. The number of amides is 1. The number of carbonyl (C=O) groups is 1. The predicted octanol–water partition coefficient (Wildman–Crippen LogP) is 3.39. The number of likely N-dealkylation sites (N-methyl/N-ethyl adjacent to an activating group) is 1. The van der Waals surface area contributed by atoms with E-state index in [2.05, 4.69) is 10.2 Å². The molecule has 0 aliphatic rings. The molecule has 2 aromatic carbocycles. The van der Waals surface area contributed by atoms with Gasteiger partial charge in [0, 0.05) is 12.6 Å². The number of ether oxygens (including phenoxy) is 1. The van der Waals surface area contributed by atoms with Crippen molar-refractivity contribution in [2.75, 3.05) is 13.7 Å². The molecule has 3 aromatic rings. The van der Waals surface area contributed by atoms with E-state index >= 15 is 0 Å². The molecule has 0 bridgehead atoms. The molecule has 0 N–H and O–H groups in total. The quantitative estimate of drug-likeness (QED) is 0.681. The fourth-order valence-corrected chi connectivity index (χ4v) is 2.39. The van der Waals surface area contributed by atoms with Crippen molar-refractivity contribution in [3.05, 3.63) is 65.5 Å². The number of hydrogen-bond donors (Lipinski definition) is 0. The van der Waals surface area contributed by atoms with Crippen molar-refractivity contribution in [1.29, 1.82) is 0 Å². The third kappa shape index (κ3) is 4.27. The summed E-state index contributed by atoms with van der Waals surface area (Å²) in [5, 5.41) is 8.07. The molecule has 6 nitrogen and oxygen atoms in total. The van der Waals surface area contributed by atoms with E-state index in [4.69, 9.17) is 9.15 Å². The highest BCUT2D eigenvalue weighted by Gasteiger charge is 2.15. The van der Waals surface area contributed by atoms with Gasteiger partial charge in [-0.3, -0.25) is 4.79 Å². The molecular formula is C20H21N3O3. The van der Waals surface area contributed by atoms with Crippen LogP contribution in [0.4, 0.5) is 0 Å². The van der Waals surface area contributed by atoms with Crippen LogP contribution in [0, 0.1) is 13.8 Å². The van der Waals surface area contributed by atoms with Gasteiger partial charge in [-0.05, 0) is 37.6 Å². The molecule has 0 saturated carbocycles. The molecule has 0 fully saturated rings. The summed E-state index contributed by atoms with van der Waals surface area (Å²) < 4.78 is 11.2. The molecule has 1 heterocycles. The van der Waals surface area contributed by atoms with Crippen molar-refractivity contribution in [2.24, 2.45) is 0 Å². The van der Waals surface area contributed by atoms with Crippen LogP contribution < -0.4 is 4.74 Å². The largest absolute Gasteiger partial charge is 0.484 e. The van der Waals surface area contributed by atoms with Gasteiger partial charge < -0.3 is 14.1 Å². The lowest BCUT2D eigenvalue weighted by molar-refractivity contribution is -0.132. The Morgan fingerprint density at radius 3 is 2.54 bits per heavy atom. The van der Waals surface area contributed by atoms with Crippen LogP contribution in [-0.4, -0.2) is 34.7 Å². The third-order valence-corrected chi connectivity index (χ3v) is 4.01. The first-order valence-corrected chi connectivity index (χ1v) is 8.35. The van der Waals surface area contributed by atoms with Crippen LogP contribution in [-0.2, 0) is 11.3 Å². The lowest BCUT2D eigenvalue weighted by Gasteiger charge is -2.16. The summed E-state index contributed by atoms with van der Waals surface area (Å²) in [6.07, 6.45) is 0. The standard InChI is InChI=1S/C20H21N3O3/c1-14-8-10-16(11-9-14)20-22-21-18(26-20)12-23(3)19(24)13-25-17-7-5-4-6-15(17)2/h4-11H,12-13H2,1-3H3. The second-order valence-corrected chi connectivity index (χ2v) is 6.17. The Hall–Kier alpha value is -3.15. The van der Waals surface area contributed by atoms with Gasteiger partial charge in [0.25, 0.3) is 5.91 Å². The first-order chi connectivity index (χ1) is 12.5. The Kier molecular flexibility index (Phi) is 5.31. The van der Waals surface area contributed by atoms with Gasteiger partial charge in [-0.1, -0.05) is 35.9 Å². The van der Waals surface area contributed by atoms with Crippen LogP contribution in [0.25, 0.3) is 11.5 Å². The third-order valence-electron chi connectivity index (χ3n) is 4.01. The topological polar surface area (TPSA) is 68.5 Å². The molecule has 134 valence electrons. The highest BCUT2D eigenvalue weighted by Crippen LogP contribution is 2.19. The van der Waals surface area contributed by atoms with Crippen molar-refractivity contribution in [3.63, 3.8) is 0 Å². The maximum atomic E-state index is 12.3. The van der Waals surface area contributed by atoms with Crippen molar-refractivity contribution in [1.82, 2.24) is 15.1 Å².